The molecule has 0 saturated carbocycles. The molecule has 2 aromatic heterocycles. The van der Waals surface area contributed by atoms with E-state index >= 15 is 0 Å². The summed E-state index contributed by atoms with van der Waals surface area (Å²) in [5, 5.41) is 4.14. The van der Waals surface area contributed by atoms with Crippen LogP contribution in [0.5, 0.6) is 0 Å². The van der Waals surface area contributed by atoms with Gasteiger partial charge in [0.15, 0.2) is 4.80 Å². The van der Waals surface area contributed by atoms with Gasteiger partial charge in [-0.05, 0) is 48.7 Å². The van der Waals surface area contributed by atoms with Gasteiger partial charge in [-0.1, -0.05) is 65.7 Å². The van der Waals surface area contributed by atoms with E-state index in [-0.39, 0.29) is 0 Å². The van der Waals surface area contributed by atoms with E-state index in [0.29, 0.717) is 5.02 Å². The summed E-state index contributed by atoms with van der Waals surface area (Å²) in [6, 6.07) is 24.8. The van der Waals surface area contributed by atoms with Crippen molar-refractivity contribution in [2.24, 2.45) is 4.99 Å². The number of aromatic amines is 1. The largest absolute Gasteiger partial charge is 0.361 e. The van der Waals surface area contributed by atoms with Gasteiger partial charge in [0, 0.05) is 29.0 Å². The predicted molar refractivity (Wildman–Crippen MR) is 131 cm³/mol. The van der Waals surface area contributed by atoms with E-state index in [1.165, 1.54) is 33.3 Å². The van der Waals surface area contributed by atoms with Crippen molar-refractivity contribution in [3.8, 4) is 11.3 Å². The van der Waals surface area contributed by atoms with E-state index in [2.05, 4.69) is 70.5 Å². The number of para-hydroxylation sites is 1. The molecule has 0 spiro atoms. The van der Waals surface area contributed by atoms with Crippen molar-refractivity contribution >= 4 is 39.5 Å². The zero-order valence-corrected chi connectivity index (χ0v) is 18.8. The highest BCUT2D eigenvalue weighted by atomic mass is 35.5. The number of nitrogens with one attached hydrogen (secondary N) is 1. The molecule has 5 heteroatoms. The number of fused-ring (bicyclic) bond motifs is 1. The van der Waals surface area contributed by atoms with Crippen LogP contribution < -0.4 is 4.80 Å². The molecule has 0 saturated heterocycles. The maximum atomic E-state index is 6.39. The highest BCUT2D eigenvalue weighted by Gasteiger charge is 2.11. The summed E-state index contributed by atoms with van der Waals surface area (Å²) >= 11 is 8.03. The lowest BCUT2D eigenvalue weighted by molar-refractivity contribution is 0.686. The number of hydrogen-bond donors (Lipinski definition) is 1. The molecule has 0 atom stereocenters. The van der Waals surface area contributed by atoms with Gasteiger partial charge in [0.2, 0.25) is 0 Å². The highest BCUT2D eigenvalue weighted by Crippen LogP contribution is 2.26. The second kappa shape index (κ2) is 8.58. The number of H-pyrrole nitrogens is 1. The number of thiazole rings is 1. The fourth-order valence-electron chi connectivity index (χ4n) is 3.85. The number of hydrogen-bond acceptors (Lipinski definition) is 2. The van der Waals surface area contributed by atoms with Crippen LogP contribution >= 0.6 is 22.9 Å². The lowest BCUT2D eigenvalue weighted by Gasteiger charge is -2.09. The standard InChI is InChI=1S/C26H22ClN3S/c1-18-11-12-23-21(15-18)20(16-28-23)13-14-30-25(19-7-3-2-4-8-19)17-31-26(30)29-24-10-6-5-9-22(24)27/h2-12,15-17,28H,13-14H2,1H3. The molecule has 31 heavy (non-hydrogen) atoms. The van der Waals surface area contributed by atoms with Gasteiger partial charge in [0.1, 0.15) is 0 Å². The molecule has 0 unspecified atom stereocenters. The molecule has 3 aromatic carbocycles. The molecule has 0 aliphatic carbocycles. The second-order valence-corrected chi connectivity index (χ2v) is 8.84. The van der Waals surface area contributed by atoms with Crippen LogP contribution in [0.3, 0.4) is 0 Å². The summed E-state index contributed by atoms with van der Waals surface area (Å²) in [4.78, 5) is 9.26. The smallest absolute Gasteiger partial charge is 0.190 e. The van der Waals surface area contributed by atoms with Crippen LogP contribution in [0.15, 0.2) is 89.4 Å². The molecule has 5 rings (SSSR count). The van der Waals surface area contributed by atoms with Crippen LogP contribution in [0.4, 0.5) is 5.69 Å². The first-order chi connectivity index (χ1) is 15.2. The Bertz CT molecular complexity index is 1410. The maximum absolute atomic E-state index is 6.39. The number of nitrogens with zero attached hydrogens (tertiary/aromatic N) is 2. The molecule has 0 radical (unpaired) electrons. The van der Waals surface area contributed by atoms with Gasteiger partial charge in [-0.15, -0.1) is 11.3 Å². The SMILES string of the molecule is Cc1ccc2[nH]cc(CCn3c(-c4ccccc4)csc3=Nc3ccccc3Cl)c2c1. The summed E-state index contributed by atoms with van der Waals surface area (Å²) in [5.74, 6) is 0. The van der Waals surface area contributed by atoms with Crippen molar-refractivity contribution in [3.05, 3.63) is 105 Å². The van der Waals surface area contributed by atoms with Crippen molar-refractivity contribution in [2.45, 2.75) is 19.9 Å². The fourth-order valence-corrected chi connectivity index (χ4v) is 4.98. The summed E-state index contributed by atoms with van der Waals surface area (Å²) in [5.41, 5.74) is 6.93. The molecule has 0 amide bonds. The first-order valence-corrected chi connectivity index (χ1v) is 11.5. The Balaban J connectivity index is 1.57. The molecular weight excluding hydrogens is 422 g/mol. The van der Waals surface area contributed by atoms with E-state index in [1.807, 2.05) is 30.3 Å². The first-order valence-electron chi connectivity index (χ1n) is 10.3. The maximum Gasteiger partial charge on any atom is 0.190 e. The molecule has 0 fully saturated rings. The normalized spacial score (nSPS) is 12.0. The number of benzene rings is 3. The van der Waals surface area contributed by atoms with E-state index in [0.717, 1.165) is 23.5 Å². The number of aryl methyl sites for hydroxylation is 2. The zero-order valence-electron chi connectivity index (χ0n) is 17.2. The van der Waals surface area contributed by atoms with Crippen LogP contribution in [-0.4, -0.2) is 9.55 Å². The average Bonchev–Trinajstić information content (AvgIpc) is 3.38. The minimum atomic E-state index is 0.663. The van der Waals surface area contributed by atoms with Crippen molar-refractivity contribution in [1.29, 1.82) is 0 Å². The fraction of sp³-hybridized carbons (Fsp3) is 0.115. The molecule has 0 aliphatic heterocycles. The average molecular weight is 444 g/mol. The van der Waals surface area contributed by atoms with Gasteiger partial charge in [0.05, 0.1) is 16.4 Å². The number of rotatable bonds is 5. The summed E-state index contributed by atoms with van der Waals surface area (Å²) in [6.07, 6.45) is 3.04. The van der Waals surface area contributed by atoms with Crippen molar-refractivity contribution < 1.29 is 0 Å². The molecular formula is C26H22ClN3S. The quantitative estimate of drug-likeness (QED) is 0.299. The summed E-state index contributed by atoms with van der Waals surface area (Å²) in [6.45, 7) is 2.97. The molecule has 2 heterocycles. The number of aromatic nitrogens is 2. The molecule has 5 aromatic rings. The molecule has 1 N–H and O–H groups in total. The van der Waals surface area contributed by atoms with Gasteiger partial charge in [0.25, 0.3) is 0 Å². The molecule has 154 valence electrons. The number of halogens is 1. The Morgan fingerprint density at radius 2 is 1.81 bits per heavy atom. The molecule has 0 bridgehead atoms. The Morgan fingerprint density at radius 3 is 2.65 bits per heavy atom. The van der Waals surface area contributed by atoms with Gasteiger partial charge in [-0.2, -0.15) is 0 Å². The Morgan fingerprint density at radius 1 is 1.00 bits per heavy atom. The van der Waals surface area contributed by atoms with Crippen LogP contribution in [0.1, 0.15) is 11.1 Å². The van der Waals surface area contributed by atoms with Crippen molar-refractivity contribution in [3.63, 3.8) is 0 Å². The van der Waals surface area contributed by atoms with E-state index in [4.69, 9.17) is 16.6 Å². The van der Waals surface area contributed by atoms with Crippen molar-refractivity contribution in [2.75, 3.05) is 0 Å². The lowest BCUT2D eigenvalue weighted by Crippen LogP contribution is -2.17. The van der Waals surface area contributed by atoms with Crippen LogP contribution in [0, 0.1) is 6.92 Å². The zero-order chi connectivity index (χ0) is 21.2. The second-order valence-electron chi connectivity index (χ2n) is 7.60. The van der Waals surface area contributed by atoms with Crippen LogP contribution in [0.25, 0.3) is 22.2 Å². The Hall–Kier alpha value is -3.08. The predicted octanol–water partition coefficient (Wildman–Crippen LogP) is 7.13. The summed E-state index contributed by atoms with van der Waals surface area (Å²) in [7, 11) is 0. The van der Waals surface area contributed by atoms with Gasteiger partial charge in [-0.25, -0.2) is 4.99 Å². The van der Waals surface area contributed by atoms with Crippen molar-refractivity contribution in [1.82, 2.24) is 9.55 Å². The third-order valence-electron chi connectivity index (χ3n) is 5.46. The molecule has 0 aliphatic rings. The Labute approximate surface area is 190 Å². The lowest BCUT2D eigenvalue weighted by atomic mass is 10.1. The van der Waals surface area contributed by atoms with E-state index in [9.17, 15) is 0 Å². The topological polar surface area (TPSA) is 33.1 Å². The van der Waals surface area contributed by atoms with Gasteiger partial charge in [-0.3, -0.25) is 0 Å². The van der Waals surface area contributed by atoms with E-state index in [1.54, 1.807) is 11.3 Å². The summed E-state index contributed by atoms with van der Waals surface area (Å²) < 4.78 is 2.30. The minimum absolute atomic E-state index is 0.663. The minimum Gasteiger partial charge on any atom is -0.361 e. The molecule has 3 nitrogen and oxygen atoms in total. The third kappa shape index (κ3) is 4.09. The first kappa shape index (κ1) is 19.9. The highest BCUT2D eigenvalue weighted by molar-refractivity contribution is 7.07. The third-order valence-corrected chi connectivity index (χ3v) is 6.65. The van der Waals surface area contributed by atoms with Gasteiger partial charge >= 0.3 is 0 Å². The van der Waals surface area contributed by atoms with Crippen LogP contribution in [0.2, 0.25) is 5.02 Å². The Kier molecular flexibility index (Phi) is 5.49. The van der Waals surface area contributed by atoms with Gasteiger partial charge < -0.3 is 9.55 Å². The monoisotopic (exact) mass is 443 g/mol. The van der Waals surface area contributed by atoms with E-state index < -0.39 is 0 Å². The van der Waals surface area contributed by atoms with Crippen LogP contribution in [-0.2, 0) is 13.0 Å².